The third-order valence-corrected chi connectivity index (χ3v) is 3.17. The van der Waals surface area contributed by atoms with Crippen LogP contribution in [-0.4, -0.2) is 59.9 Å². The molecular weight excluding hydrogens is 236 g/mol. The van der Waals surface area contributed by atoms with E-state index in [0.717, 1.165) is 0 Å². The van der Waals surface area contributed by atoms with E-state index in [1.807, 2.05) is 0 Å². The Hall–Kier alpha value is -1.59. The standard InChI is InChI=1S/C12H20N2O4/c1-13(2)10(15)4-3-7-14-8-9(12(17)18)5-6-11(14)16/h9H,3-8H2,1-2H3,(H,17,18). The minimum atomic E-state index is -0.850. The highest BCUT2D eigenvalue weighted by atomic mass is 16.4. The number of nitrogens with zero attached hydrogens (tertiary/aromatic N) is 2. The molecule has 0 radical (unpaired) electrons. The highest BCUT2D eigenvalue weighted by molar-refractivity contribution is 5.80. The van der Waals surface area contributed by atoms with Gasteiger partial charge in [-0.15, -0.1) is 0 Å². The second-order valence-electron chi connectivity index (χ2n) is 4.81. The number of hydrogen-bond donors (Lipinski definition) is 1. The number of carbonyl (C=O) groups excluding carboxylic acids is 2. The van der Waals surface area contributed by atoms with Crippen molar-refractivity contribution in [3.63, 3.8) is 0 Å². The summed E-state index contributed by atoms with van der Waals surface area (Å²) < 4.78 is 0. The third-order valence-electron chi connectivity index (χ3n) is 3.17. The molecule has 18 heavy (non-hydrogen) atoms. The smallest absolute Gasteiger partial charge is 0.308 e. The van der Waals surface area contributed by atoms with Crippen LogP contribution < -0.4 is 0 Å². The summed E-state index contributed by atoms with van der Waals surface area (Å²) in [5.74, 6) is -1.30. The zero-order chi connectivity index (χ0) is 13.7. The van der Waals surface area contributed by atoms with Crippen molar-refractivity contribution < 1.29 is 19.5 Å². The molecule has 0 aromatic carbocycles. The van der Waals surface area contributed by atoms with Crippen LogP contribution in [0, 0.1) is 5.92 Å². The molecule has 1 atom stereocenters. The van der Waals surface area contributed by atoms with E-state index in [4.69, 9.17) is 5.11 Å². The number of aliphatic carboxylic acids is 1. The molecule has 1 rings (SSSR count). The fourth-order valence-corrected chi connectivity index (χ4v) is 1.98. The van der Waals surface area contributed by atoms with Crippen LogP contribution in [0.2, 0.25) is 0 Å². The molecule has 0 bridgehead atoms. The molecule has 2 amide bonds. The Kier molecular flexibility index (Phi) is 5.12. The topological polar surface area (TPSA) is 77.9 Å². The van der Waals surface area contributed by atoms with Crippen molar-refractivity contribution in [2.45, 2.75) is 25.7 Å². The summed E-state index contributed by atoms with van der Waals surface area (Å²) in [4.78, 5) is 36.9. The number of carboxylic acid groups (broad SMARTS) is 1. The molecular formula is C12H20N2O4. The van der Waals surface area contributed by atoms with Gasteiger partial charge in [-0.05, 0) is 12.8 Å². The molecule has 0 spiro atoms. The van der Waals surface area contributed by atoms with Crippen molar-refractivity contribution in [1.29, 1.82) is 0 Å². The van der Waals surface area contributed by atoms with Crippen molar-refractivity contribution in [3.8, 4) is 0 Å². The molecule has 1 aliphatic rings. The van der Waals surface area contributed by atoms with Gasteiger partial charge in [-0.3, -0.25) is 14.4 Å². The third kappa shape index (κ3) is 4.01. The first-order valence-corrected chi connectivity index (χ1v) is 6.12. The Labute approximate surface area is 107 Å². The van der Waals surface area contributed by atoms with E-state index in [2.05, 4.69) is 0 Å². The van der Waals surface area contributed by atoms with Gasteiger partial charge in [0.1, 0.15) is 0 Å². The Bertz CT molecular complexity index is 341. The number of piperidine rings is 1. The zero-order valence-corrected chi connectivity index (χ0v) is 10.9. The van der Waals surface area contributed by atoms with E-state index in [9.17, 15) is 14.4 Å². The summed E-state index contributed by atoms with van der Waals surface area (Å²) >= 11 is 0. The molecule has 1 saturated heterocycles. The fraction of sp³-hybridized carbons (Fsp3) is 0.750. The summed E-state index contributed by atoms with van der Waals surface area (Å²) in [7, 11) is 3.38. The molecule has 0 aromatic rings. The lowest BCUT2D eigenvalue weighted by molar-refractivity contribution is -0.147. The summed E-state index contributed by atoms with van der Waals surface area (Å²) in [6.07, 6.45) is 1.67. The van der Waals surface area contributed by atoms with E-state index in [-0.39, 0.29) is 18.4 Å². The predicted octanol–water partition coefficient (Wildman–Crippen LogP) is 0.178. The number of hydrogen-bond acceptors (Lipinski definition) is 3. The average Bonchev–Trinajstić information content (AvgIpc) is 2.30. The van der Waals surface area contributed by atoms with Gasteiger partial charge in [0.15, 0.2) is 0 Å². The Balaban J connectivity index is 2.38. The number of amides is 2. The van der Waals surface area contributed by atoms with E-state index in [1.165, 1.54) is 4.90 Å². The lowest BCUT2D eigenvalue weighted by Crippen LogP contribution is -2.43. The predicted molar refractivity (Wildman–Crippen MR) is 64.9 cm³/mol. The molecule has 6 nitrogen and oxygen atoms in total. The number of rotatable bonds is 5. The molecule has 0 aromatic heterocycles. The maximum absolute atomic E-state index is 11.6. The van der Waals surface area contributed by atoms with E-state index < -0.39 is 11.9 Å². The van der Waals surface area contributed by atoms with Crippen LogP contribution in [0.4, 0.5) is 0 Å². The molecule has 102 valence electrons. The van der Waals surface area contributed by atoms with Gasteiger partial charge in [0.2, 0.25) is 11.8 Å². The van der Waals surface area contributed by atoms with Crippen LogP contribution in [0.15, 0.2) is 0 Å². The van der Waals surface area contributed by atoms with Crippen LogP contribution in [0.5, 0.6) is 0 Å². The molecule has 6 heteroatoms. The molecule has 1 N–H and O–H groups in total. The molecule has 1 fully saturated rings. The summed E-state index contributed by atoms with van der Waals surface area (Å²) in [5.41, 5.74) is 0. The number of likely N-dealkylation sites (tertiary alicyclic amines) is 1. The summed E-state index contributed by atoms with van der Waals surface area (Å²) in [6.45, 7) is 0.729. The van der Waals surface area contributed by atoms with Crippen LogP contribution in [0.1, 0.15) is 25.7 Å². The van der Waals surface area contributed by atoms with Crippen LogP contribution >= 0.6 is 0 Å². The highest BCUT2D eigenvalue weighted by Gasteiger charge is 2.29. The monoisotopic (exact) mass is 256 g/mol. The van der Waals surface area contributed by atoms with Gasteiger partial charge in [-0.2, -0.15) is 0 Å². The molecule has 0 aliphatic carbocycles. The van der Waals surface area contributed by atoms with Crippen molar-refractivity contribution in [1.82, 2.24) is 9.80 Å². The van der Waals surface area contributed by atoms with E-state index in [0.29, 0.717) is 32.2 Å². The Morgan fingerprint density at radius 1 is 1.44 bits per heavy atom. The highest BCUT2D eigenvalue weighted by Crippen LogP contribution is 2.18. The van der Waals surface area contributed by atoms with E-state index >= 15 is 0 Å². The first kappa shape index (κ1) is 14.5. The minimum absolute atomic E-state index is 0.00944. The van der Waals surface area contributed by atoms with Crippen LogP contribution in [-0.2, 0) is 14.4 Å². The zero-order valence-electron chi connectivity index (χ0n) is 10.9. The van der Waals surface area contributed by atoms with Gasteiger partial charge >= 0.3 is 5.97 Å². The lowest BCUT2D eigenvalue weighted by Gasteiger charge is -2.30. The van der Waals surface area contributed by atoms with Crippen molar-refractivity contribution in [3.05, 3.63) is 0 Å². The van der Waals surface area contributed by atoms with Gasteiger partial charge in [0, 0.05) is 40.0 Å². The Morgan fingerprint density at radius 3 is 2.67 bits per heavy atom. The Morgan fingerprint density at radius 2 is 2.11 bits per heavy atom. The van der Waals surface area contributed by atoms with Crippen molar-refractivity contribution in [2.24, 2.45) is 5.92 Å². The first-order chi connectivity index (χ1) is 8.41. The molecule has 0 saturated carbocycles. The largest absolute Gasteiger partial charge is 0.481 e. The van der Waals surface area contributed by atoms with Gasteiger partial charge in [-0.25, -0.2) is 0 Å². The second-order valence-corrected chi connectivity index (χ2v) is 4.81. The normalized spacial score (nSPS) is 19.8. The second kappa shape index (κ2) is 6.37. The first-order valence-electron chi connectivity index (χ1n) is 6.12. The van der Waals surface area contributed by atoms with Gasteiger partial charge in [0.05, 0.1) is 5.92 Å². The van der Waals surface area contributed by atoms with Gasteiger partial charge in [-0.1, -0.05) is 0 Å². The van der Waals surface area contributed by atoms with Crippen LogP contribution in [0.3, 0.4) is 0 Å². The van der Waals surface area contributed by atoms with E-state index in [1.54, 1.807) is 19.0 Å². The lowest BCUT2D eigenvalue weighted by atomic mass is 9.97. The summed E-state index contributed by atoms with van der Waals surface area (Å²) in [6, 6.07) is 0. The van der Waals surface area contributed by atoms with Crippen LogP contribution in [0.25, 0.3) is 0 Å². The quantitative estimate of drug-likeness (QED) is 0.761. The van der Waals surface area contributed by atoms with Crippen molar-refractivity contribution >= 4 is 17.8 Å². The number of carboxylic acids is 1. The van der Waals surface area contributed by atoms with Crippen molar-refractivity contribution in [2.75, 3.05) is 27.2 Å². The maximum atomic E-state index is 11.6. The van der Waals surface area contributed by atoms with Gasteiger partial charge in [0.25, 0.3) is 0 Å². The maximum Gasteiger partial charge on any atom is 0.308 e. The minimum Gasteiger partial charge on any atom is -0.481 e. The van der Waals surface area contributed by atoms with Gasteiger partial charge < -0.3 is 14.9 Å². The molecule has 1 heterocycles. The SMILES string of the molecule is CN(C)C(=O)CCCN1CC(C(=O)O)CCC1=O. The number of carbonyl (C=O) groups is 3. The molecule has 1 unspecified atom stereocenters. The average molecular weight is 256 g/mol. The summed E-state index contributed by atoms with van der Waals surface area (Å²) in [5, 5.41) is 8.93. The molecule has 1 aliphatic heterocycles. The fourth-order valence-electron chi connectivity index (χ4n) is 1.98.